The van der Waals surface area contributed by atoms with Crippen LogP contribution in [-0.2, 0) is 56.3 Å². The van der Waals surface area contributed by atoms with Crippen LogP contribution in [0.4, 0.5) is 41.9 Å². The zero-order chi connectivity index (χ0) is 61.9. The van der Waals surface area contributed by atoms with Crippen molar-refractivity contribution in [3.63, 3.8) is 0 Å². The van der Waals surface area contributed by atoms with Gasteiger partial charge in [-0.1, -0.05) is 62.4 Å². The maximum atomic E-state index is 13.4. The highest BCUT2D eigenvalue weighted by Crippen LogP contribution is 2.40. The molecule has 16 nitrogen and oxygen atoms in total. The number of benzene rings is 4. The number of hydrogen-bond acceptors (Lipinski definition) is 16. The number of carbonyl (C=O) groups excluding carboxylic acids is 1. The summed E-state index contributed by atoms with van der Waals surface area (Å²) in [5.74, 6) is 2.04. The summed E-state index contributed by atoms with van der Waals surface area (Å²) < 4.78 is 85.3. The van der Waals surface area contributed by atoms with Gasteiger partial charge in [0.25, 0.3) is 0 Å². The molecule has 460 valence electrons. The topological polar surface area (TPSA) is 173 Å². The SMILES string of the molecule is COc1ccc(CN(Cc2ccc(OC)cc2)c2nc(C)c(C)c(NCC3(C)COC(C)(C)OC3)c2CC(=O)CC(F)(F)F)cc1.COc1ccc(CN(Cc2ccc(OC)cc2)c2nc(C)c(C)c(NCC3(C)COC(C)(C)OC3)c2N)cc1. The van der Waals surface area contributed by atoms with Crippen LogP contribution in [-0.4, -0.2) is 101 Å². The summed E-state index contributed by atoms with van der Waals surface area (Å²) in [5, 5.41) is 7.12. The minimum absolute atomic E-state index is 0.183. The number of carbonyl (C=O) groups is 1. The van der Waals surface area contributed by atoms with Gasteiger partial charge in [-0.3, -0.25) is 4.79 Å². The standard InChI is InChI=1S/C35H44F3N3O5.C31H42N4O4/c1-23-24(2)40-32(41(18-25-8-12-28(43-6)13-9-25)19-26-10-14-29(44-7)15-11-26)30(16-27(42)17-35(36,37)38)31(23)39-20-34(5)21-45-33(3,4)46-22-34;1-21-22(2)34-29(27(32)28(21)33-18-31(5)19-38-30(3,4)39-20-31)35(16-23-8-12-25(36-6)13-9-23)17-24-10-14-26(37-7)15-11-24/h8-15H,16-22H2,1-7H3,(H,39,40);8-15H,16-20,32H2,1-7H3,(H,33,34). The Balaban J connectivity index is 0.000000247. The Labute approximate surface area is 499 Å². The number of nitrogens with two attached hydrogens (primary N) is 1. The van der Waals surface area contributed by atoms with Crippen LogP contribution in [0.3, 0.4) is 0 Å². The Morgan fingerprint density at radius 3 is 1.16 bits per heavy atom. The summed E-state index contributed by atoms with van der Waals surface area (Å²) in [6.45, 7) is 24.7. The summed E-state index contributed by atoms with van der Waals surface area (Å²) in [7, 11) is 6.53. The fourth-order valence-electron chi connectivity index (χ4n) is 9.83. The molecule has 4 aromatic carbocycles. The van der Waals surface area contributed by atoms with Crippen molar-refractivity contribution >= 4 is 34.5 Å². The predicted octanol–water partition coefficient (Wildman–Crippen LogP) is 12.9. The Bertz CT molecular complexity index is 3060. The van der Waals surface area contributed by atoms with E-state index in [1.807, 2.05) is 133 Å². The van der Waals surface area contributed by atoms with Crippen LogP contribution in [0.2, 0.25) is 0 Å². The van der Waals surface area contributed by atoms with Crippen LogP contribution in [0.15, 0.2) is 97.1 Å². The number of Topliss-reactive ketones (excluding diaryl/α,β-unsaturated/α-hetero) is 1. The molecule has 2 aromatic heterocycles. The highest BCUT2D eigenvalue weighted by Gasteiger charge is 2.39. The Morgan fingerprint density at radius 1 is 0.529 bits per heavy atom. The summed E-state index contributed by atoms with van der Waals surface area (Å²) in [5.41, 5.74) is 16.4. The number of methoxy groups -OCH3 is 4. The smallest absolute Gasteiger partial charge is 0.395 e. The third-order valence-corrected chi connectivity index (χ3v) is 15.4. The van der Waals surface area contributed by atoms with Crippen molar-refractivity contribution in [3.8, 4) is 23.0 Å². The van der Waals surface area contributed by atoms with E-state index in [4.69, 9.17) is 53.6 Å². The minimum atomic E-state index is -4.62. The van der Waals surface area contributed by atoms with Gasteiger partial charge in [-0.2, -0.15) is 13.2 Å². The second-order valence-electron chi connectivity index (χ2n) is 23.8. The van der Waals surface area contributed by atoms with Crippen molar-refractivity contribution in [1.82, 2.24) is 9.97 Å². The first-order valence-electron chi connectivity index (χ1n) is 28.5. The van der Waals surface area contributed by atoms with Gasteiger partial charge in [-0.05, 0) is 137 Å². The number of rotatable bonds is 23. The third kappa shape index (κ3) is 18.1. The predicted molar refractivity (Wildman–Crippen MR) is 328 cm³/mol. The van der Waals surface area contributed by atoms with E-state index in [-0.39, 0.29) is 5.41 Å². The van der Waals surface area contributed by atoms with Gasteiger partial charge in [0.2, 0.25) is 0 Å². The molecular formula is C66H86F3N7O9. The molecule has 2 aliphatic heterocycles. The summed E-state index contributed by atoms with van der Waals surface area (Å²) in [6, 6.07) is 31.3. The van der Waals surface area contributed by atoms with Gasteiger partial charge in [-0.25, -0.2) is 9.97 Å². The first-order chi connectivity index (χ1) is 40.1. The van der Waals surface area contributed by atoms with E-state index in [9.17, 15) is 18.0 Å². The van der Waals surface area contributed by atoms with Crippen molar-refractivity contribution in [3.05, 3.63) is 147 Å². The number of nitrogens with zero attached hydrogens (tertiary/aromatic N) is 4. The molecule has 0 spiro atoms. The van der Waals surface area contributed by atoms with Crippen LogP contribution in [0.25, 0.3) is 0 Å². The second kappa shape index (κ2) is 27.8. The van der Waals surface area contributed by atoms with Gasteiger partial charge in [-0.15, -0.1) is 0 Å². The van der Waals surface area contributed by atoms with E-state index in [1.165, 1.54) is 0 Å². The van der Waals surface area contributed by atoms with Crippen LogP contribution in [0.1, 0.15) is 98.3 Å². The highest BCUT2D eigenvalue weighted by atomic mass is 19.4. The van der Waals surface area contributed by atoms with Crippen LogP contribution >= 0.6 is 0 Å². The molecule has 0 unspecified atom stereocenters. The highest BCUT2D eigenvalue weighted by molar-refractivity contribution is 5.86. The molecule has 2 saturated heterocycles. The molecule has 0 atom stereocenters. The Kier molecular flexibility index (Phi) is 21.3. The molecule has 4 N–H and O–H groups in total. The number of aromatic nitrogens is 2. The normalized spacial score (nSPS) is 15.8. The maximum Gasteiger partial charge on any atom is 0.395 e. The van der Waals surface area contributed by atoms with Gasteiger partial charge in [0, 0.05) is 79.2 Å². The summed E-state index contributed by atoms with van der Waals surface area (Å²) >= 11 is 0. The lowest BCUT2D eigenvalue weighted by Gasteiger charge is -2.41. The third-order valence-electron chi connectivity index (χ3n) is 15.4. The van der Waals surface area contributed by atoms with Gasteiger partial charge in [0.1, 0.15) is 41.0 Å². The molecule has 0 saturated carbocycles. The zero-order valence-electron chi connectivity index (χ0n) is 51.9. The summed E-state index contributed by atoms with van der Waals surface area (Å²) in [4.78, 5) is 27.1. The van der Waals surface area contributed by atoms with Crippen molar-refractivity contribution < 1.29 is 55.9 Å². The van der Waals surface area contributed by atoms with Crippen molar-refractivity contribution in [2.45, 2.75) is 126 Å². The number of halogens is 3. The largest absolute Gasteiger partial charge is 0.497 e. The number of anilines is 5. The van der Waals surface area contributed by atoms with E-state index in [2.05, 4.69) is 53.6 Å². The van der Waals surface area contributed by atoms with Gasteiger partial charge in [0.05, 0.1) is 66.2 Å². The number of nitrogens with one attached hydrogen (secondary N) is 2. The number of hydrogen-bond donors (Lipinski definition) is 3. The average Bonchev–Trinajstić information content (AvgIpc) is 1.84. The molecule has 0 radical (unpaired) electrons. The number of ether oxygens (including phenoxy) is 8. The molecular weight excluding hydrogens is 1090 g/mol. The van der Waals surface area contributed by atoms with Crippen molar-refractivity contribution in [2.24, 2.45) is 10.8 Å². The van der Waals surface area contributed by atoms with E-state index in [1.54, 1.807) is 28.4 Å². The molecule has 2 aliphatic rings. The number of nitrogen functional groups attached to an aromatic ring is 1. The lowest BCUT2D eigenvalue weighted by atomic mass is 9.90. The van der Waals surface area contributed by atoms with Crippen molar-refractivity contribution in [1.29, 1.82) is 0 Å². The quantitative estimate of drug-likeness (QED) is 0.0552. The lowest BCUT2D eigenvalue weighted by molar-refractivity contribution is -0.280. The molecule has 2 fully saturated rings. The summed E-state index contributed by atoms with van der Waals surface area (Å²) in [6.07, 6.45) is -6.59. The number of alkyl halides is 3. The number of ketones is 1. The number of pyridine rings is 2. The number of aryl methyl sites for hydroxylation is 2. The fraction of sp³-hybridized carbons (Fsp3) is 0.470. The van der Waals surface area contributed by atoms with Gasteiger partial charge in [0.15, 0.2) is 17.4 Å². The molecule has 0 aliphatic carbocycles. The van der Waals surface area contributed by atoms with Crippen LogP contribution in [0.5, 0.6) is 23.0 Å². The molecule has 6 aromatic rings. The Hall–Kier alpha value is -7.32. The molecule has 8 rings (SSSR count). The molecule has 4 heterocycles. The monoisotopic (exact) mass is 1180 g/mol. The molecule has 0 amide bonds. The van der Waals surface area contributed by atoms with Gasteiger partial charge < -0.3 is 64.1 Å². The maximum absolute atomic E-state index is 13.4. The lowest BCUT2D eigenvalue weighted by Crippen LogP contribution is -2.48. The fourth-order valence-corrected chi connectivity index (χ4v) is 9.83. The van der Waals surface area contributed by atoms with E-state index < -0.39 is 41.8 Å². The van der Waals surface area contributed by atoms with Gasteiger partial charge >= 0.3 is 6.18 Å². The second-order valence-corrected chi connectivity index (χ2v) is 23.8. The first-order valence-corrected chi connectivity index (χ1v) is 28.5. The molecule has 0 bridgehead atoms. The van der Waals surface area contributed by atoms with E-state index >= 15 is 0 Å². The molecule has 19 heteroatoms. The Morgan fingerprint density at radius 2 is 0.835 bits per heavy atom. The van der Waals surface area contributed by atoms with Crippen molar-refractivity contribution in [2.75, 3.05) is 94.1 Å². The average molecular weight is 1180 g/mol. The zero-order valence-corrected chi connectivity index (χ0v) is 51.9. The molecule has 85 heavy (non-hydrogen) atoms. The first kappa shape index (κ1) is 65.2. The van der Waals surface area contributed by atoms with Crippen LogP contribution in [0, 0.1) is 38.5 Å². The minimum Gasteiger partial charge on any atom is -0.497 e. The van der Waals surface area contributed by atoms with Crippen LogP contribution < -0.4 is 45.1 Å². The van der Waals surface area contributed by atoms with E-state index in [0.29, 0.717) is 106 Å². The van der Waals surface area contributed by atoms with E-state index in [0.717, 1.165) is 62.1 Å².